The van der Waals surface area contributed by atoms with Crippen molar-refractivity contribution in [2.45, 2.75) is 26.3 Å². The fraction of sp³-hybridized carbons (Fsp3) is 0.357. The first-order valence-corrected chi connectivity index (χ1v) is 7.33. The van der Waals surface area contributed by atoms with Crippen molar-refractivity contribution in [1.82, 2.24) is 20.1 Å². The summed E-state index contributed by atoms with van der Waals surface area (Å²) in [5.41, 5.74) is 0.822. The van der Waals surface area contributed by atoms with Crippen molar-refractivity contribution >= 4 is 29.1 Å². The molecule has 0 saturated carbocycles. The van der Waals surface area contributed by atoms with E-state index in [1.807, 2.05) is 19.9 Å². The smallest absolute Gasteiger partial charge is 0.293 e. The third-order valence-electron chi connectivity index (χ3n) is 3.37. The maximum Gasteiger partial charge on any atom is 0.293 e. The Morgan fingerprint density at radius 2 is 2.14 bits per heavy atom. The van der Waals surface area contributed by atoms with Gasteiger partial charge in [-0.05, 0) is 24.6 Å². The van der Waals surface area contributed by atoms with Crippen LogP contribution in [-0.4, -0.2) is 33.0 Å². The van der Waals surface area contributed by atoms with Crippen LogP contribution >= 0.6 is 23.2 Å². The largest absolute Gasteiger partial charge is 0.332 e. The van der Waals surface area contributed by atoms with Crippen LogP contribution in [-0.2, 0) is 6.42 Å². The summed E-state index contributed by atoms with van der Waals surface area (Å²) in [5, 5.41) is 7.76. The molecule has 7 heteroatoms. The van der Waals surface area contributed by atoms with E-state index in [1.54, 1.807) is 24.1 Å². The Hall–Kier alpha value is -1.59. The van der Waals surface area contributed by atoms with Crippen molar-refractivity contribution in [3.63, 3.8) is 0 Å². The van der Waals surface area contributed by atoms with Crippen molar-refractivity contribution in [2.75, 3.05) is 7.05 Å². The average Bonchev–Trinajstić information content (AvgIpc) is 2.94. The molecule has 112 valence electrons. The normalized spacial score (nSPS) is 12.2. The minimum atomic E-state index is -0.260. The molecule has 1 heterocycles. The van der Waals surface area contributed by atoms with Crippen LogP contribution in [0, 0.1) is 0 Å². The minimum Gasteiger partial charge on any atom is -0.332 e. The molecular formula is C14H16Cl2N4O. The van der Waals surface area contributed by atoms with Gasteiger partial charge in [0.1, 0.15) is 5.82 Å². The van der Waals surface area contributed by atoms with Gasteiger partial charge in [-0.1, -0.05) is 36.2 Å². The Bertz CT molecular complexity index is 656. The highest BCUT2D eigenvalue weighted by Crippen LogP contribution is 2.29. The van der Waals surface area contributed by atoms with Crippen molar-refractivity contribution in [3.05, 3.63) is 45.5 Å². The first-order chi connectivity index (χ1) is 9.93. The summed E-state index contributed by atoms with van der Waals surface area (Å²) >= 11 is 12.1. The molecule has 1 atom stereocenters. The van der Waals surface area contributed by atoms with E-state index in [2.05, 4.69) is 15.2 Å². The molecule has 0 fully saturated rings. The molecule has 2 aromatic rings. The fourth-order valence-corrected chi connectivity index (χ4v) is 2.50. The van der Waals surface area contributed by atoms with Gasteiger partial charge in [0.15, 0.2) is 0 Å². The Kier molecular flexibility index (Phi) is 4.85. The number of carbonyl (C=O) groups excluding carboxylic acids is 1. The Morgan fingerprint density at radius 1 is 1.43 bits per heavy atom. The van der Waals surface area contributed by atoms with E-state index in [1.165, 1.54) is 0 Å². The van der Waals surface area contributed by atoms with Gasteiger partial charge in [-0.15, -0.1) is 5.10 Å². The first-order valence-electron chi connectivity index (χ1n) is 6.57. The number of aryl methyl sites for hydroxylation is 1. The summed E-state index contributed by atoms with van der Waals surface area (Å²) in [7, 11) is 1.69. The number of H-pyrrole nitrogens is 1. The number of hydrogen-bond acceptors (Lipinski definition) is 3. The summed E-state index contributed by atoms with van der Waals surface area (Å²) in [6.45, 7) is 3.83. The summed E-state index contributed by atoms with van der Waals surface area (Å²) in [6, 6.07) is 5.01. The van der Waals surface area contributed by atoms with Crippen molar-refractivity contribution in [3.8, 4) is 0 Å². The molecule has 0 spiro atoms. The van der Waals surface area contributed by atoms with E-state index >= 15 is 0 Å². The minimum absolute atomic E-state index is 0.159. The summed E-state index contributed by atoms with van der Waals surface area (Å²) < 4.78 is 0. The Labute approximate surface area is 133 Å². The first kappa shape index (κ1) is 15.8. The number of hydrogen-bond donors (Lipinski definition) is 1. The summed E-state index contributed by atoms with van der Waals surface area (Å²) in [5.74, 6) is 0.583. The molecule has 1 amide bonds. The molecule has 0 bridgehead atoms. The number of halogens is 2. The Balaban J connectivity index is 2.21. The number of benzene rings is 1. The second-order valence-electron chi connectivity index (χ2n) is 4.72. The third kappa shape index (κ3) is 3.36. The van der Waals surface area contributed by atoms with Crippen LogP contribution in [0.3, 0.4) is 0 Å². The monoisotopic (exact) mass is 326 g/mol. The molecule has 1 N–H and O–H groups in total. The summed E-state index contributed by atoms with van der Waals surface area (Å²) in [6.07, 6.45) is 0.697. The van der Waals surface area contributed by atoms with Gasteiger partial charge >= 0.3 is 0 Å². The molecule has 0 aliphatic heterocycles. The highest BCUT2D eigenvalue weighted by molar-refractivity contribution is 6.35. The molecule has 2 rings (SSSR count). The van der Waals surface area contributed by atoms with Crippen LogP contribution in [0.25, 0.3) is 0 Å². The molecule has 5 nitrogen and oxygen atoms in total. The van der Waals surface area contributed by atoms with Crippen LogP contribution in [0.5, 0.6) is 0 Å². The van der Waals surface area contributed by atoms with Gasteiger partial charge in [0.05, 0.1) is 6.04 Å². The lowest BCUT2D eigenvalue weighted by Crippen LogP contribution is -2.30. The van der Waals surface area contributed by atoms with Gasteiger partial charge in [0, 0.05) is 23.5 Å². The zero-order valence-electron chi connectivity index (χ0n) is 12.0. The molecule has 0 aliphatic rings. The van der Waals surface area contributed by atoms with Crippen molar-refractivity contribution in [2.24, 2.45) is 0 Å². The van der Waals surface area contributed by atoms with Gasteiger partial charge in [-0.3, -0.25) is 9.89 Å². The number of aromatic amines is 1. The van der Waals surface area contributed by atoms with Crippen molar-refractivity contribution < 1.29 is 4.79 Å². The van der Waals surface area contributed by atoms with E-state index in [0.29, 0.717) is 22.3 Å². The SMILES string of the molecule is CCc1nc(C(=O)N(C)C(C)c2ccc(Cl)cc2Cl)n[nH]1. The second kappa shape index (κ2) is 6.45. The van der Waals surface area contributed by atoms with Gasteiger partial charge in [0.2, 0.25) is 5.82 Å². The number of rotatable bonds is 4. The maximum atomic E-state index is 12.4. The van der Waals surface area contributed by atoms with Gasteiger partial charge < -0.3 is 4.90 Å². The lowest BCUT2D eigenvalue weighted by atomic mass is 10.1. The fourth-order valence-electron chi connectivity index (χ4n) is 1.93. The second-order valence-corrected chi connectivity index (χ2v) is 5.56. The quantitative estimate of drug-likeness (QED) is 0.935. The predicted octanol–water partition coefficient (Wildman–Crippen LogP) is 3.51. The number of carbonyl (C=O) groups is 1. The molecule has 0 saturated heterocycles. The maximum absolute atomic E-state index is 12.4. The van der Waals surface area contributed by atoms with Crippen LogP contribution < -0.4 is 0 Å². The van der Waals surface area contributed by atoms with E-state index in [0.717, 1.165) is 5.56 Å². The molecular weight excluding hydrogens is 311 g/mol. The zero-order valence-corrected chi connectivity index (χ0v) is 13.5. The molecule has 1 aromatic carbocycles. The molecule has 21 heavy (non-hydrogen) atoms. The van der Waals surface area contributed by atoms with Crippen LogP contribution in [0.1, 0.15) is 41.9 Å². The highest BCUT2D eigenvalue weighted by atomic mass is 35.5. The van der Waals surface area contributed by atoms with Gasteiger partial charge in [0.25, 0.3) is 5.91 Å². The number of amides is 1. The van der Waals surface area contributed by atoms with E-state index in [-0.39, 0.29) is 17.8 Å². The van der Waals surface area contributed by atoms with Crippen LogP contribution in [0.15, 0.2) is 18.2 Å². The average molecular weight is 327 g/mol. The standard InChI is InChI=1S/C14H16Cl2N4O/c1-4-12-17-13(19-18-12)14(21)20(3)8(2)10-6-5-9(15)7-11(10)16/h5-8H,4H2,1-3H3,(H,17,18,19). The third-order valence-corrected chi connectivity index (χ3v) is 3.93. The van der Waals surface area contributed by atoms with Gasteiger partial charge in [-0.2, -0.15) is 0 Å². The number of nitrogens with one attached hydrogen (secondary N) is 1. The van der Waals surface area contributed by atoms with E-state index in [9.17, 15) is 4.79 Å². The predicted molar refractivity (Wildman–Crippen MR) is 82.7 cm³/mol. The molecule has 1 aromatic heterocycles. The molecule has 0 radical (unpaired) electrons. The van der Waals surface area contributed by atoms with Crippen molar-refractivity contribution in [1.29, 1.82) is 0 Å². The van der Waals surface area contributed by atoms with E-state index in [4.69, 9.17) is 23.2 Å². The van der Waals surface area contributed by atoms with E-state index < -0.39 is 0 Å². The molecule has 1 unspecified atom stereocenters. The topological polar surface area (TPSA) is 61.9 Å². The van der Waals surface area contributed by atoms with Crippen LogP contribution in [0.4, 0.5) is 0 Å². The Morgan fingerprint density at radius 3 is 2.71 bits per heavy atom. The number of aromatic nitrogens is 3. The highest BCUT2D eigenvalue weighted by Gasteiger charge is 2.23. The lowest BCUT2D eigenvalue weighted by molar-refractivity contribution is 0.0730. The van der Waals surface area contributed by atoms with Gasteiger partial charge in [-0.25, -0.2) is 4.98 Å². The lowest BCUT2D eigenvalue weighted by Gasteiger charge is -2.25. The summed E-state index contributed by atoms with van der Waals surface area (Å²) in [4.78, 5) is 18.1. The van der Waals surface area contributed by atoms with Crippen LogP contribution in [0.2, 0.25) is 10.0 Å². The number of nitrogens with zero attached hydrogens (tertiary/aromatic N) is 3. The molecule has 0 aliphatic carbocycles. The zero-order chi connectivity index (χ0) is 15.6.